The summed E-state index contributed by atoms with van der Waals surface area (Å²) in [6, 6.07) is 0. The second kappa shape index (κ2) is 15.7. The van der Waals surface area contributed by atoms with Gasteiger partial charge in [-0.05, 0) is 13.8 Å². The molecule has 7 heavy (non-hydrogen) atoms. The van der Waals surface area contributed by atoms with Crippen LogP contribution in [0.4, 0.5) is 0 Å². The van der Waals surface area contributed by atoms with Gasteiger partial charge in [-0.1, -0.05) is 0 Å². The molecular weight excluding hydrogens is 169 g/mol. The van der Waals surface area contributed by atoms with E-state index in [1.165, 1.54) is 0 Å². The molecule has 0 saturated heterocycles. The Morgan fingerprint density at radius 1 is 1.43 bits per heavy atom. The minimum absolute atomic E-state index is 0. The van der Waals surface area contributed by atoms with Gasteiger partial charge in [0.25, 0.3) is 0 Å². The van der Waals surface area contributed by atoms with E-state index in [1.807, 2.05) is 0 Å². The van der Waals surface area contributed by atoms with Crippen LogP contribution in [0.3, 0.4) is 0 Å². The Kier molecular flexibility index (Phi) is 51.8. The molecule has 0 amide bonds. The Hall–Kier alpha value is 1.88. The minimum atomic E-state index is -0.167. The SMILES string of the molecule is CC(C)O.[AlH3].[H-].[H-].[Mg+2].[Zn]. The molecule has 1 N–H and O–H groups in total. The van der Waals surface area contributed by atoms with Gasteiger partial charge in [0.1, 0.15) is 0 Å². The standard InChI is InChI=1S/C3H8O.Al.Mg.Zn.5H/c1-3(2)4;;;;;;;;/h3-4H,1-2H3;;;;;;;;/q;;+2;;;;;2*-1. The molecule has 0 saturated carbocycles. The van der Waals surface area contributed by atoms with Crippen molar-refractivity contribution in [1.82, 2.24) is 0 Å². The molecule has 0 unspecified atom stereocenters. The van der Waals surface area contributed by atoms with Crippen molar-refractivity contribution < 1.29 is 27.4 Å². The molecule has 0 aromatic heterocycles. The summed E-state index contributed by atoms with van der Waals surface area (Å²) in [5.74, 6) is 0. The van der Waals surface area contributed by atoms with E-state index in [4.69, 9.17) is 5.11 Å². The molecule has 1 nitrogen and oxygen atoms in total. The first-order valence-electron chi connectivity index (χ1n) is 1.41. The van der Waals surface area contributed by atoms with E-state index in [9.17, 15) is 0 Å². The zero-order valence-electron chi connectivity index (χ0n) is 6.44. The minimum Gasteiger partial charge on any atom is -1.00 e. The zero-order chi connectivity index (χ0) is 3.58. The third kappa shape index (κ3) is 77.0. The summed E-state index contributed by atoms with van der Waals surface area (Å²) in [6.07, 6.45) is -0.167. The third-order valence-corrected chi connectivity index (χ3v) is 0. The molecule has 4 heteroatoms. The van der Waals surface area contributed by atoms with Gasteiger partial charge in [-0.25, -0.2) is 0 Å². The summed E-state index contributed by atoms with van der Waals surface area (Å²) in [6.45, 7) is 3.44. The Labute approximate surface area is 87.3 Å². The van der Waals surface area contributed by atoms with Crippen LogP contribution < -0.4 is 0 Å². The number of hydrogen-bond acceptors (Lipinski definition) is 1. The van der Waals surface area contributed by atoms with Gasteiger partial charge in [0.05, 0.1) is 0 Å². The summed E-state index contributed by atoms with van der Waals surface area (Å²) >= 11 is 0. The Morgan fingerprint density at radius 3 is 1.43 bits per heavy atom. The van der Waals surface area contributed by atoms with E-state index in [2.05, 4.69) is 0 Å². The van der Waals surface area contributed by atoms with Crippen molar-refractivity contribution in [1.29, 1.82) is 0 Å². The Balaban J connectivity index is -0.00000000450. The van der Waals surface area contributed by atoms with Crippen molar-refractivity contribution in [2.45, 2.75) is 20.0 Å². The first-order valence-corrected chi connectivity index (χ1v) is 1.41. The largest absolute Gasteiger partial charge is 2.00 e. The van der Waals surface area contributed by atoms with Gasteiger partial charge in [0.2, 0.25) is 0 Å². The topological polar surface area (TPSA) is 20.2 Å². The zero-order valence-corrected chi connectivity index (χ0v) is 8.82. The average molecular weight is 182 g/mol. The Morgan fingerprint density at radius 2 is 1.43 bits per heavy atom. The summed E-state index contributed by atoms with van der Waals surface area (Å²) < 4.78 is 0. The summed E-state index contributed by atoms with van der Waals surface area (Å²) in [4.78, 5) is 0. The van der Waals surface area contributed by atoms with Crippen molar-refractivity contribution in [2.75, 3.05) is 0 Å². The fourth-order valence-corrected chi connectivity index (χ4v) is 0. The van der Waals surface area contributed by atoms with Crippen molar-refractivity contribution >= 4 is 40.4 Å². The molecule has 0 rings (SSSR count). The van der Waals surface area contributed by atoms with Crippen LogP contribution in [-0.4, -0.2) is 51.6 Å². The smallest absolute Gasteiger partial charge is 1.00 e. The molecular formula is C3H13AlMgOZn. The molecule has 0 aromatic rings. The van der Waals surface area contributed by atoms with Crippen molar-refractivity contribution in [3.63, 3.8) is 0 Å². The second-order valence-corrected chi connectivity index (χ2v) is 1.09. The van der Waals surface area contributed by atoms with Crippen LogP contribution >= 0.6 is 0 Å². The van der Waals surface area contributed by atoms with E-state index in [-0.39, 0.29) is 68.8 Å². The molecule has 0 aliphatic rings. The van der Waals surface area contributed by atoms with E-state index >= 15 is 0 Å². The average Bonchev–Trinajstić information content (AvgIpc) is 0.811. The van der Waals surface area contributed by atoms with Crippen LogP contribution in [0.25, 0.3) is 0 Å². The summed E-state index contributed by atoms with van der Waals surface area (Å²) in [7, 11) is 0. The molecule has 0 atom stereocenters. The van der Waals surface area contributed by atoms with Crippen LogP contribution in [0.5, 0.6) is 0 Å². The number of hydrogen-bond donors (Lipinski definition) is 1. The number of aliphatic hydroxyl groups is 1. The molecule has 0 fully saturated rings. The van der Waals surface area contributed by atoms with E-state index in [0.29, 0.717) is 0 Å². The van der Waals surface area contributed by atoms with Gasteiger partial charge >= 0.3 is 23.1 Å². The molecule has 0 aliphatic heterocycles. The van der Waals surface area contributed by atoms with Crippen LogP contribution in [-0.2, 0) is 19.5 Å². The monoisotopic (exact) mass is 180 g/mol. The van der Waals surface area contributed by atoms with Crippen molar-refractivity contribution in [2.24, 2.45) is 0 Å². The van der Waals surface area contributed by atoms with Gasteiger partial charge in [0.15, 0.2) is 17.4 Å². The molecule has 0 aromatic carbocycles. The fourth-order valence-electron chi connectivity index (χ4n) is 0. The second-order valence-electron chi connectivity index (χ2n) is 1.09. The molecule has 0 aliphatic carbocycles. The van der Waals surface area contributed by atoms with Gasteiger partial charge in [-0.3, -0.25) is 0 Å². The predicted molar refractivity (Wildman–Crippen MR) is 35.3 cm³/mol. The fraction of sp³-hybridized carbons (Fsp3) is 1.00. The van der Waals surface area contributed by atoms with E-state index in [1.54, 1.807) is 13.8 Å². The summed E-state index contributed by atoms with van der Waals surface area (Å²) in [5.41, 5.74) is 0. The maximum Gasteiger partial charge on any atom is 2.00 e. The third-order valence-electron chi connectivity index (χ3n) is 0. The first-order chi connectivity index (χ1) is 1.73. The molecule has 0 spiro atoms. The van der Waals surface area contributed by atoms with Crippen LogP contribution in [0.2, 0.25) is 0 Å². The Bertz CT molecular complexity index is 26.5. The molecule has 0 heterocycles. The van der Waals surface area contributed by atoms with Gasteiger partial charge in [-0.2, -0.15) is 0 Å². The van der Waals surface area contributed by atoms with E-state index < -0.39 is 0 Å². The number of rotatable bonds is 0. The van der Waals surface area contributed by atoms with Gasteiger partial charge in [-0.15, -0.1) is 0 Å². The quantitative estimate of drug-likeness (QED) is 0.478. The van der Waals surface area contributed by atoms with Crippen LogP contribution in [0, 0.1) is 0 Å². The number of aliphatic hydroxyl groups excluding tert-OH is 1. The van der Waals surface area contributed by atoms with Crippen LogP contribution in [0.15, 0.2) is 0 Å². The normalized spacial score (nSPS) is 5.14. The first kappa shape index (κ1) is 23.2. The molecule has 38 valence electrons. The molecule has 0 bridgehead atoms. The maximum atomic E-state index is 8.06. The predicted octanol–water partition coefficient (Wildman–Crippen LogP) is -0.955. The summed E-state index contributed by atoms with van der Waals surface area (Å²) in [5, 5.41) is 8.06. The molecule has 0 radical (unpaired) electrons. The van der Waals surface area contributed by atoms with Crippen molar-refractivity contribution in [3.05, 3.63) is 0 Å². The van der Waals surface area contributed by atoms with Gasteiger partial charge in [0, 0.05) is 25.6 Å². The van der Waals surface area contributed by atoms with E-state index in [0.717, 1.165) is 0 Å². The van der Waals surface area contributed by atoms with Crippen LogP contribution in [0.1, 0.15) is 16.7 Å². The van der Waals surface area contributed by atoms with Gasteiger partial charge < -0.3 is 7.96 Å². The maximum absolute atomic E-state index is 8.06. The van der Waals surface area contributed by atoms with Crippen molar-refractivity contribution in [3.8, 4) is 0 Å².